The topological polar surface area (TPSA) is 74.2 Å². The second-order valence-corrected chi connectivity index (χ2v) is 9.72. The third-order valence-electron chi connectivity index (χ3n) is 4.64. The normalized spacial score (nSPS) is 20.4. The van der Waals surface area contributed by atoms with Crippen LogP contribution in [-0.2, 0) is 21.3 Å². The molecule has 8 heteroatoms. The average molecular weight is 407 g/mol. The van der Waals surface area contributed by atoms with Crippen LogP contribution in [0.15, 0.2) is 35.3 Å². The van der Waals surface area contributed by atoms with Crippen molar-refractivity contribution in [2.75, 3.05) is 38.5 Å². The second-order valence-electron chi connectivity index (χ2n) is 8.14. The van der Waals surface area contributed by atoms with Gasteiger partial charge < -0.3 is 19.9 Å². The molecular formula is C20H30N4O3S. The van der Waals surface area contributed by atoms with Crippen molar-refractivity contribution in [1.29, 1.82) is 0 Å². The van der Waals surface area contributed by atoms with Gasteiger partial charge in [0.2, 0.25) is 0 Å². The number of amides is 1. The Bertz CT molecular complexity index is 733. The lowest BCUT2D eigenvalue weighted by atomic mass is 10.2. The summed E-state index contributed by atoms with van der Waals surface area (Å²) in [5, 5.41) is 3.33. The van der Waals surface area contributed by atoms with Crippen molar-refractivity contribution in [3.63, 3.8) is 0 Å². The number of hydrogen-bond donors (Lipinski definition) is 1. The first-order valence-electron chi connectivity index (χ1n) is 9.73. The number of piperazine rings is 1. The van der Waals surface area contributed by atoms with Crippen LogP contribution in [0.25, 0.3) is 0 Å². The van der Waals surface area contributed by atoms with Gasteiger partial charge in [0.25, 0.3) is 0 Å². The molecule has 0 radical (unpaired) electrons. The molecular weight excluding hydrogens is 376 g/mol. The zero-order chi connectivity index (χ0) is 20.1. The third-order valence-corrected chi connectivity index (χ3v) is 5.96. The van der Waals surface area contributed by atoms with E-state index in [0.717, 1.165) is 18.1 Å². The molecule has 1 N–H and O–H groups in total. The fourth-order valence-corrected chi connectivity index (χ4v) is 4.37. The van der Waals surface area contributed by atoms with E-state index in [4.69, 9.17) is 4.74 Å². The maximum atomic E-state index is 12.3. The molecule has 2 heterocycles. The minimum atomic E-state index is -0.908. The molecule has 3 rings (SSSR count). The van der Waals surface area contributed by atoms with Gasteiger partial charge in [-0.1, -0.05) is 30.3 Å². The van der Waals surface area contributed by atoms with E-state index in [9.17, 15) is 9.00 Å². The molecule has 1 fully saturated rings. The standard InChI is InChI=1S/C20H30N4O3S/c1-20(2,3)27-19(25)23-10-11-24-17(14-23)13-22-18(24)21-9-12-28(26)15-16-7-5-4-6-8-16/h4-8,17H,9-15H2,1-3H3,(H,21,22). The smallest absolute Gasteiger partial charge is 0.410 e. The molecule has 2 unspecified atom stereocenters. The lowest BCUT2D eigenvalue weighted by molar-refractivity contribution is 0.0137. The van der Waals surface area contributed by atoms with Crippen molar-refractivity contribution in [2.24, 2.45) is 4.99 Å². The number of nitrogens with zero attached hydrogens (tertiary/aromatic N) is 3. The molecule has 2 aliphatic heterocycles. The summed E-state index contributed by atoms with van der Waals surface area (Å²) in [5.74, 6) is 2.01. The van der Waals surface area contributed by atoms with Gasteiger partial charge in [0.15, 0.2) is 5.96 Å². The van der Waals surface area contributed by atoms with Crippen molar-refractivity contribution < 1.29 is 13.7 Å². The van der Waals surface area contributed by atoms with Gasteiger partial charge in [-0.2, -0.15) is 0 Å². The number of hydrogen-bond acceptors (Lipinski definition) is 6. The van der Waals surface area contributed by atoms with Crippen LogP contribution in [0.3, 0.4) is 0 Å². The van der Waals surface area contributed by atoms with Gasteiger partial charge in [-0.15, -0.1) is 0 Å². The Labute approximate surface area is 169 Å². The minimum absolute atomic E-state index is 0.179. The number of aliphatic imine (C=N–C) groups is 1. The lowest BCUT2D eigenvalue weighted by Crippen LogP contribution is -2.57. The maximum absolute atomic E-state index is 12.3. The Morgan fingerprint density at radius 1 is 1.29 bits per heavy atom. The van der Waals surface area contributed by atoms with E-state index in [1.807, 2.05) is 51.1 Å². The van der Waals surface area contributed by atoms with Crippen LogP contribution in [0, 0.1) is 0 Å². The van der Waals surface area contributed by atoms with Gasteiger partial charge in [-0.25, -0.2) is 4.79 Å². The first-order valence-corrected chi connectivity index (χ1v) is 11.2. The van der Waals surface area contributed by atoms with E-state index in [1.165, 1.54) is 0 Å². The molecule has 1 aromatic carbocycles. The predicted molar refractivity (Wildman–Crippen MR) is 112 cm³/mol. The summed E-state index contributed by atoms with van der Waals surface area (Å²) in [4.78, 5) is 20.8. The Balaban J connectivity index is 1.41. The molecule has 2 atom stereocenters. The summed E-state index contributed by atoms with van der Waals surface area (Å²) >= 11 is 0. The molecule has 2 aliphatic rings. The summed E-state index contributed by atoms with van der Waals surface area (Å²) in [6, 6.07) is 10.1. The molecule has 0 saturated carbocycles. The highest BCUT2D eigenvalue weighted by Crippen LogP contribution is 2.18. The summed E-state index contributed by atoms with van der Waals surface area (Å²) in [5.41, 5.74) is 0.611. The van der Waals surface area contributed by atoms with Gasteiger partial charge in [0.1, 0.15) is 5.60 Å². The van der Waals surface area contributed by atoms with Gasteiger partial charge in [-0.05, 0) is 26.3 Å². The lowest BCUT2D eigenvalue weighted by Gasteiger charge is -2.39. The van der Waals surface area contributed by atoms with Gasteiger partial charge >= 0.3 is 6.09 Å². The van der Waals surface area contributed by atoms with E-state index in [1.54, 1.807) is 4.90 Å². The fraction of sp³-hybridized carbons (Fsp3) is 0.600. The molecule has 154 valence electrons. The SMILES string of the molecule is CC(C)(C)OC(=O)N1CCN2C(NCCS(=O)Cc3ccccc3)=NCC2C1. The van der Waals surface area contributed by atoms with Crippen molar-refractivity contribution in [2.45, 2.75) is 38.2 Å². The van der Waals surface area contributed by atoms with Gasteiger partial charge in [-0.3, -0.25) is 9.20 Å². The minimum Gasteiger partial charge on any atom is -0.444 e. The predicted octanol–water partition coefficient (Wildman–Crippen LogP) is 1.82. The second kappa shape index (κ2) is 8.94. The highest BCUT2D eigenvalue weighted by molar-refractivity contribution is 7.84. The molecule has 1 amide bonds. The number of fused-ring (bicyclic) bond motifs is 1. The highest BCUT2D eigenvalue weighted by Gasteiger charge is 2.36. The summed E-state index contributed by atoms with van der Waals surface area (Å²) in [6.45, 7) is 8.88. The van der Waals surface area contributed by atoms with E-state index in [2.05, 4.69) is 15.2 Å². The van der Waals surface area contributed by atoms with E-state index >= 15 is 0 Å². The number of nitrogens with one attached hydrogen (secondary N) is 1. The van der Waals surface area contributed by atoms with Crippen molar-refractivity contribution in [1.82, 2.24) is 15.1 Å². The number of carbonyl (C=O) groups is 1. The quantitative estimate of drug-likeness (QED) is 0.807. The molecule has 1 saturated heterocycles. The van der Waals surface area contributed by atoms with Crippen LogP contribution in [0.2, 0.25) is 0 Å². The molecule has 0 aromatic heterocycles. The fourth-order valence-electron chi connectivity index (χ4n) is 3.33. The number of carbonyl (C=O) groups excluding carboxylic acids is 1. The zero-order valence-corrected chi connectivity index (χ0v) is 17.7. The summed E-state index contributed by atoms with van der Waals surface area (Å²) in [6.07, 6.45) is -0.259. The van der Waals surface area contributed by atoms with Gasteiger partial charge in [0.05, 0.1) is 12.6 Å². The van der Waals surface area contributed by atoms with Gasteiger partial charge in [0, 0.05) is 48.5 Å². The summed E-state index contributed by atoms with van der Waals surface area (Å²) in [7, 11) is -0.908. The Kier molecular flexibility index (Phi) is 6.59. The van der Waals surface area contributed by atoms with Crippen molar-refractivity contribution in [3.05, 3.63) is 35.9 Å². The molecule has 0 aliphatic carbocycles. The monoisotopic (exact) mass is 406 g/mol. The van der Waals surface area contributed by atoms with Crippen LogP contribution in [0.5, 0.6) is 0 Å². The van der Waals surface area contributed by atoms with Crippen molar-refractivity contribution in [3.8, 4) is 0 Å². The Morgan fingerprint density at radius 2 is 2.04 bits per heavy atom. The summed E-state index contributed by atoms with van der Waals surface area (Å²) < 4.78 is 17.7. The average Bonchev–Trinajstić information content (AvgIpc) is 3.03. The number of benzene rings is 1. The van der Waals surface area contributed by atoms with Crippen LogP contribution >= 0.6 is 0 Å². The molecule has 28 heavy (non-hydrogen) atoms. The highest BCUT2D eigenvalue weighted by atomic mass is 32.2. The first kappa shape index (κ1) is 20.6. The third kappa shape index (κ3) is 5.70. The van der Waals surface area contributed by atoms with Crippen molar-refractivity contribution >= 4 is 22.9 Å². The number of ether oxygens (including phenoxy) is 1. The van der Waals surface area contributed by atoms with Crippen LogP contribution in [-0.4, -0.2) is 76.2 Å². The van der Waals surface area contributed by atoms with E-state index in [-0.39, 0.29) is 12.1 Å². The molecule has 0 spiro atoms. The zero-order valence-electron chi connectivity index (χ0n) is 16.9. The van der Waals surface area contributed by atoms with Crippen LogP contribution in [0.4, 0.5) is 4.79 Å². The number of guanidine groups is 1. The Morgan fingerprint density at radius 3 is 2.75 bits per heavy atom. The number of rotatable bonds is 5. The molecule has 1 aromatic rings. The van der Waals surface area contributed by atoms with Crippen LogP contribution < -0.4 is 5.32 Å². The van der Waals surface area contributed by atoms with E-state index < -0.39 is 16.4 Å². The largest absolute Gasteiger partial charge is 0.444 e. The van der Waals surface area contributed by atoms with E-state index in [0.29, 0.717) is 37.7 Å². The Hall–Kier alpha value is -2.09. The maximum Gasteiger partial charge on any atom is 0.410 e. The first-order chi connectivity index (χ1) is 13.3. The van der Waals surface area contributed by atoms with Crippen LogP contribution in [0.1, 0.15) is 26.3 Å². The molecule has 0 bridgehead atoms. The molecule has 7 nitrogen and oxygen atoms in total.